The molecule has 0 fully saturated rings. The third-order valence-electron chi connectivity index (χ3n) is 2.28. The summed E-state index contributed by atoms with van der Waals surface area (Å²) in [5.74, 6) is 0.113. The quantitative estimate of drug-likeness (QED) is 0.759. The van der Waals surface area contributed by atoms with Gasteiger partial charge in [-0.1, -0.05) is 11.6 Å². The predicted molar refractivity (Wildman–Crippen MR) is 56.3 cm³/mol. The Morgan fingerprint density at radius 2 is 2.19 bits per heavy atom. The molecule has 0 amide bonds. The van der Waals surface area contributed by atoms with Gasteiger partial charge in [0.25, 0.3) is 0 Å². The summed E-state index contributed by atoms with van der Waals surface area (Å²) in [4.78, 5) is 0. The smallest absolute Gasteiger partial charge is 0.168 e. The molecule has 0 spiro atoms. The number of hydrogen-bond acceptors (Lipinski definition) is 3. The molecule has 84 valence electrons. The third kappa shape index (κ3) is 1.91. The van der Waals surface area contributed by atoms with Crippen LogP contribution in [-0.4, -0.2) is 13.2 Å². The maximum absolute atomic E-state index is 13.7. The molecule has 2 rings (SSSR count). The van der Waals surface area contributed by atoms with E-state index >= 15 is 0 Å². The molecule has 1 aliphatic rings. The first-order valence-corrected chi connectivity index (χ1v) is 5.25. The van der Waals surface area contributed by atoms with Crippen LogP contribution in [0.2, 0.25) is 5.02 Å². The molecule has 0 N–H and O–H groups in total. The molecule has 1 aliphatic heterocycles. The van der Waals surface area contributed by atoms with E-state index in [0.29, 0.717) is 24.7 Å². The zero-order chi connectivity index (χ0) is 11.5. The number of halogens is 2. The molecule has 1 aromatic rings. The van der Waals surface area contributed by atoms with Gasteiger partial charge in [-0.2, -0.15) is 5.26 Å². The second-order valence-electron chi connectivity index (χ2n) is 3.36. The van der Waals surface area contributed by atoms with Crippen molar-refractivity contribution in [1.29, 1.82) is 5.26 Å². The van der Waals surface area contributed by atoms with E-state index in [2.05, 4.69) is 0 Å². The number of rotatable bonds is 1. The van der Waals surface area contributed by atoms with Crippen LogP contribution in [0.4, 0.5) is 4.39 Å². The second-order valence-corrected chi connectivity index (χ2v) is 3.77. The highest BCUT2D eigenvalue weighted by molar-refractivity contribution is 6.31. The van der Waals surface area contributed by atoms with Gasteiger partial charge in [-0.05, 0) is 0 Å². The summed E-state index contributed by atoms with van der Waals surface area (Å²) >= 11 is 5.72. The summed E-state index contributed by atoms with van der Waals surface area (Å²) in [7, 11) is 0. The molecule has 0 saturated heterocycles. The van der Waals surface area contributed by atoms with Gasteiger partial charge >= 0.3 is 0 Å². The first kappa shape index (κ1) is 11.0. The topological polar surface area (TPSA) is 42.2 Å². The number of nitrogens with zero attached hydrogens (tertiary/aromatic N) is 1. The molecule has 0 saturated carbocycles. The minimum Gasteiger partial charge on any atom is -0.489 e. The molecule has 0 unspecified atom stereocenters. The van der Waals surface area contributed by atoms with Crippen LogP contribution in [0, 0.1) is 17.1 Å². The predicted octanol–water partition coefficient (Wildman–Crippen LogP) is 2.71. The van der Waals surface area contributed by atoms with Gasteiger partial charge in [0.15, 0.2) is 11.5 Å². The van der Waals surface area contributed by atoms with Crippen LogP contribution < -0.4 is 9.47 Å². The Labute approximate surface area is 97.3 Å². The van der Waals surface area contributed by atoms with Crippen molar-refractivity contribution < 1.29 is 13.9 Å². The average Bonchev–Trinajstić information content (AvgIpc) is 2.50. The van der Waals surface area contributed by atoms with E-state index in [1.807, 2.05) is 6.07 Å². The monoisotopic (exact) mass is 241 g/mol. The fourth-order valence-corrected chi connectivity index (χ4v) is 1.77. The number of benzene rings is 1. The third-order valence-corrected chi connectivity index (χ3v) is 2.55. The molecule has 1 heterocycles. The van der Waals surface area contributed by atoms with Crippen molar-refractivity contribution >= 4 is 11.6 Å². The summed E-state index contributed by atoms with van der Waals surface area (Å²) < 4.78 is 24.5. The van der Waals surface area contributed by atoms with E-state index in [1.54, 1.807) is 0 Å². The molecule has 0 atom stereocenters. The molecule has 3 nitrogen and oxygen atoms in total. The van der Waals surface area contributed by atoms with Gasteiger partial charge in [0.1, 0.15) is 5.82 Å². The standard InChI is InChI=1S/C11H9ClFNO2/c12-8-6-9-11(16-5-1-4-15-9)7(2-3-14)10(8)13/h6H,1-2,4-5H2. The maximum atomic E-state index is 13.7. The van der Waals surface area contributed by atoms with Gasteiger partial charge in [-0.15, -0.1) is 0 Å². The van der Waals surface area contributed by atoms with Gasteiger partial charge < -0.3 is 9.47 Å². The summed E-state index contributed by atoms with van der Waals surface area (Å²) in [5.41, 5.74) is 0.173. The van der Waals surface area contributed by atoms with E-state index in [4.69, 9.17) is 26.3 Å². The molecule has 1 aromatic carbocycles. The van der Waals surface area contributed by atoms with Gasteiger partial charge in [0.05, 0.1) is 30.7 Å². The van der Waals surface area contributed by atoms with Crippen LogP contribution in [0.25, 0.3) is 0 Å². The lowest BCUT2D eigenvalue weighted by Gasteiger charge is -2.12. The Balaban J connectivity index is 2.56. The molecule has 5 heteroatoms. The molecule has 0 bridgehead atoms. The van der Waals surface area contributed by atoms with Crippen molar-refractivity contribution in [2.75, 3.05) is 13.2 Å². The van der Waals surface area contributed by atoms with Gasteiger partial charge in [0.2, 0.25) is 0 Å². The Morgan fingerprint density at radius 1 is 1.44 bits per heavy atom. The maximum Gasteiger partial charge on any atom is 0.168 e. The van der Waals surface area contributed by atoms with Crippen molar-refractivity contribution in [2.24, 2.45) is 0 Å². The molecule has 0 radical (unpaired) electrons. The van der Waals surface area contributed by atoms with Crippen LogP contribution in [-0.2, 0) is 6.42 Å². The van der Waals surface area contributed by atoms with Crippen molar-refractivity contribution in [3.8, 4) is 17.6 Å². The van der Waals surface area contributed by atoms with Crippen LogP contribution in [0.15, 0.2) is 6.07 Å². The number of nitriles is 1. The van der Waals surface area contributed by atoms with Gasteiger partial charge in [0, 0.05) is 18.1 Å². The van der Waals surface area contributed by atoms with Crippen molar-refractivity contribution in [1.82, 2.24) is 0 Å². The lowest BCUT2D eigenvalue weighted by atomic mass is 10.1. The first-order valence-electron chi connectivity index (χ1n) is 4.87. The number of fused-ring (bicyclic) bond motifs is 1. The summed E-state index contributed by atoms with van der Waals surface area (Å²) in [5, 5.41) is 8.60. The van der Waals surface area contributed by atoms with Gasteiger partial charge in [-0.25, -0.2) is 4.39 Å². The first-order chi connectivity index (χ1) is 7.74. The van der Waals surface area contributed by atoms with Gasteiger partial charge in [-0.3, -0.25) is 0 Å². The fraction of sp³-hybridized carbons (Fsp3) is 0.364. The molecular weight excluding hydrogens is 233 g/mol. The highest BCUT2D eigenvalue weighted by atomic mass is 35.5. The minimum atomic E-state index is -0.604. The van der Waals surface area contributed by atoms with Crippen molar-refractivity contribution in [3.05, 3.63) is 22.5 Å². The van der Waals surface area contributed by atoms with E-state index in [0.717, 1.165) is 6.42 Å². The van der Waals surface area contributed by atoms with Crippen LogP contribution in [0.3, 0.4) is 0 Å². The zero-order valence-corrected chi connectivity index (χ0v) is 9.18. The molecule has 0 aromatic heterocycles. The zero-order valence-electron chi connectivity index (χ0n) is 8.43. The van der Waals surface area contributed by atoms with Crippen molar-refractivity contribution in [2.45, 2.75) is 12.8 Å². The Hall–Kier alpha value is -1.47. The highest BCUT2D eigenvalue weighted by Gasteiger charge is 2.21. The van der Waals surface area contributed by atoms with Crippen LogP contribution in [0.5, 0.6) is 11.5 Å². The van der Waals surface area contributed by atoms with E-state index in [9.17, 15) is 4.39 Å². The summed E-state index contributed by atoms with van der Waals surface area (Å²) in [6, 6.07) is 3.28. The number of hydrogen-bond donors (Lipinski definition) is 0. The van der Waals surface area contributed by atoms with Crippen LogP contribution >= 0.6 is 11.6 Å². The molecule has 0 aliphatic carbocycles. The van der Waals surface area contributed by atoms with E-state index < -0.39 is 5.82 Å². The fourth-order valence-electron chi connectivity index (χ4n) is 1.55. The number of ether oxygens (including phenoxy) is 2. The Morgan fingerprint density at radius 3 is 2.94 bits per heavy atom. The SMILES string of the molecule is N#CCc1c(F)c(Cl)cc2c1OCCCO2. The Bertz CT molecular complexity index is 456. The largest absolute Gasteiger partial charge is 0.489 e. The minimum absolute atomic E-state index is 0.0468. The van der Waals surface area contributed by atoms with E-state index in [1.165, 1.54) is 6.07 Å². The lowest BCUT2D eigenvalue weighted by Crippen LogP contribution is -2.00. The second kappa shape index (κ2) is 4.58. The highest BCUT2D eigenvalue weighted by Crippen LogP contribution is 2.38. The molecule has 16 heavy (non-hydrogen) atoms. The summed E-state index contributed by atoms with van der Waals surface area (Å²) in [6.45, 7) is 0.952. The van der Waals surface area contributed by atoms with Crippen LogP contribution in [0.1, 0.15) is 12.0 Å². The average molecular weight is 242 g/mol. The van der Waals surface area contributed by atoms with Crippen molar-refractivity contribution in [3.63, 3.8) is 0 Å². The summed E-state index contributed by atoms with van der Waals surface area (Å²) in [6.07, 6.45) is 0.637. The van der Waals surface area contributed by atoms with E-state index in [-0.39, 0.29) is 17.0 Å². The lowest BCUT2D eigenvalue weighted by molar-refractivity contribution is 0.296. The molecular formula is C11H9ClFNO2. The normalized spacial score (nSPS) is 14.1. The Kier molecular flexibility index (Phi) is 3.16.